The average Bonchev–Trinajstić information content (AvgIpc) is 3.42. The van der Waals surface area contributed by atoms with E-state index in [0.717, 1.165) is 116 Å². The van der Waals surface area contributed by atoms with Gasteiger partial charge in [-0.05, 0) is 96.3 Å². The van der Waals surface area contributed by atoms with Crippen LogP contribution >= 0.6 is 0 Å². The van der Waals surface area contributed by atoms with Gasteiger partial charge in [-0.15, -0.1) is 0 Å². The molecule has 76 heavy (non-hydrogen) atoms. The van der Waals surface area contributed by atoms with E-state index in [1.54, 1.807) is 0 Å². The van der Waals surface area contributed by atoms with E-state index in [1.165, 1.54) is 167 Å². The van der Waals surface area contributed by atoms with Gasteiger partial charge in [-0.1, -0.05) is 292 Å². The Balaban J connectivity index is 4.39. The molecule has 0 radical (unpaired) electrons. The lowest BCUT2D eigenvalue weighted by Gasteiger charge is -2.18. The Morgan fingerprint density at radius 1 is 0.276 bits per heavy atom. The smallest absolute Gasteiger partial charge is 0.306 e. The fraction of sp³-hybridized carbons (Fsp3) is 0.757. The monoisotopic (exact) mass is 1060 g/mol. The first-order chi connectivity index (χ1) is 37.5. The lowest BCUT2D eigenvalue weighted by molar-refractivity contribution is -0.167. The number of esters is 3. The summed E-state index contributed by atoms with van der Waals surface area (Å²) in [6.45, 7) is 6.53. The van der Waals surface area contributed by atoms with Gasteiger partial charge in [0.15, 0.2) is 6.10 Å². The van der Waals surface area contributed by atoms with Crippen LogP contribution < -0.4 is 0 Å². The van der Waals surface area contributed by atoms with Crippen molar-refractivity contribution in [2.75, 3.05) is 13.2 Å². The van der Waals surface area contributed by atoms with Crippen LogP contribution in [0.4, 0.5) is 0 Å². The number of carbonyl (C=O) groups excluding carboxylic acids is 3. The standard InChI is InChI=1S/C70H122O6/c1-4-7-10-13-16-19-22-25-28-31-33-34-35-36-37-40-42-45-48-51-54-57-60-63-69(72)75-66-67(65-74-68(71)62-59-56-53-50-47-44-41-38-30-27-24-21-18-15-12-9-6-3)76-70(73)64-61-58-55-52-49-46-43-39-32-29-26-23-20-17-14-11-8-5-2/h9,12,18,21-22,25,27,30-31,33,35-36,41,44,67H,4-8,10-11,13-17,19-20,23-24,26,28-29,32,34,37-40,42-43,45-66H2,1-3H3/b12-9-,21-18-,25-22-,30-27-,33-31-,36-35-,44-41-. The third-order valence-electron chi connectivity index (χ3n) is 14.1. The molecule has 6 nitrogen and oxygen atoms in total. The first-order valence-electron chi connectivity index (χ1n) is 32.6. The van der Waals surface area contributed by atoms with Crippen LogP contribution in [-0.2, 0) is 28.6 Å². The van der Waals surface area contributed by atoms with Crippen LogP contribution in [0.2, 0.25) is 0 Å². The zero-order valence-electron chi connectivity index (χ0n) is 50.3. The summed E-state index contributed by atoms with van der Waals surface area (Å²) < 4.78 is 16.9. The van der Waals surface area contributed by atoms with Gasteiger partial charge >= 0.3 is 17.9 Å². The second-order valence-electron chi connectivity index (χ2n) is 21.6. The molecule has 1 unspecified atom stereocenters. The first-order valence-corrected chi connectivity index (χ1v) is 32.6. The van der Waals surface area contributed by atoms with Crippen LogP contribution in [0.15, 0.2) is 85.1 Å². The molecule has 0 aromatic heterocycles. The number of carbonyl (C=O) groups is 3. The Labute approximate surface area is 471 Å². The molecule has 0 bridgehead atoms. The molecule has 1 atom stereocenters. The maximum atomic E-state index is 12.9. The number of allylic oxidation sites excluding steroid dienone is 14. The third-order valence-corrected chi connectivity index (χ3v) is 14.1. The Morgan fingerprint density at radius 3 is 0.803 bits per heavy atom. The predicted octanol–water partition coefficient (Wildman–Crippen LogP) is 22.3. The highest BCUT2D eigenvalue weighted by Gasteiger charge is 2.19. The molecular weight excluding hydrogens is 937 g/mol. The third kappa shape index (κ3) is 61.4. The van der Waals surface area contributed by atoms with E-state index in [9.17, 15) is 14.4 Å². The number of hydrogen-bond donors (Lipinski definition) is 0. The highest BCUT2D eigenvalue weighted by Crippen LogP contribution is 2.17. The molecule has 0 amide bonds. The first kappa shape index (κ1) is 72.6. The van der Waals surface area contributed by atoms with E-state index in [4.69, 9.17) is 14.2 Å². The van der Waals surface area contributed by atoms with Crippen molar-refractivity contribution < 1.29 is 28.6 Å². The van der Waals surface area contributed by atoms with Gasteiger partial charge in [-0.2, -0.15) is 0 Å². The molecular formula is C70H122O6. The Morgan fingerprint density at radius 2 is 0.513 bits per heavy atom. The Hall–Kier alpha value is -3.41. The zero-order chi connectivity index (χ0) is 55.0. The fourth-order valence-corrected chi connectivity index (χ4v) is 9.27. The minimum Gasteiger partial charge on any atom is -0.462 e. The summed E-state index contributed by atoms with van der Waals surface area (Å²) in [6, 6.07) is 0. The van der Waals surface area contributed by atoms with E-state index in [0.29, 0.717) is 19.3 Å². The van der Waals surface area contributed by atoms with E-state index in [-0.39, 0.29) is 31.1 Å². The van der Waals surface area contributed by atoms with Crippen LogP contribution in [0.1, 0.15) is 323 Å². The molecule has 0 spiro atoms. The maximum absolute atomic E-state index is 12.9. The molecule has 0 rings (SSSR count). The molecule has 0 aliphatic carbocycles. The summed E-state index contributed by atoms with van der Waals surface area (Å²) in [5.41, 5.74) is 0. The highest BCUT2D eigenvalue weighted by atomic mass is 16.6. The molecule has 0 aliphatic rings. The summed E-state index contributed by atoms with van der Waals surface area (Å²) >= 11 is 0. The van der Waals surface area contributed by atoms with Gasteiger partial charge < -0.3 is 14.2 Å². The molecule has 0 N–H and O–H groups in total. The average molecular weight is 1060 g/mol. The topological polar surface area (TPSA) is 78.9 Å². The van der Waals surface area contributed by atoms with Gasteiger partial charge in [-0.3, -0.25) is 14.4 Å². The van der Waals surface area contributed by atoms with E-state index >= 15 is 0 Å². The van der Waals surface area contributed by atoms with Crippen molar-refractivity contribution in [1.82, 2.24) is 0 Å². The molecule has 0 saturated heterocycles. The Bertz CT molecular complexity index is 1450. The summed E-state index contributed by atoms with van der Waals surface area (Å²) in [7, 11) is 0. The maximum Gasteiger partial charge on any atom is 0.306 e. The van der Waals surface area contributed by atoms with Crippen molar-refractivity contribution in [2.24, 2.45) is 0 Å². The molecule has 0 heterocycles. The second kappa shape index (κ2) is 64.1. The molecule has 0 aromatic rings. The van der Waals surface area contributed by atoms with Gasteiger partial charge in [0.2, 0.25) is 0 Å². The second-order valence-corrected chi connectivity index (χ2v) is 21.6. The number of hydrogen-bond acceptors (Lipinski definition) is 6. The molecule has 6 heteroatoms. The van der Waals surface area contributed by atoms with Crippen molar-refractivity contribution >= 4 is 17.9 Å². The zero-order valence-corrected chi connectivity index (χ0v) is 50.3. The van der Waals surface area contributed by atoms with Gasteiger partial charge in [-0.25, -0.2) is 0 Å². The summed E-state index contributed by atoms with van der Waals surface area (Å²) in [6.07, 6.45) is 84.4. The lowest BCUT2D eigenvalue weighted by atomic mass is 10.0. The summed E-state index contributed by atoms with van der Waals surface area (Å²) in [5, 5.41) is 0. The van der Waals surface area contributed by atoms with Gasteiger partial charge in [0.1, 0.15) is 13.2 Å². The van der Waals surface area contributed by atoms with Crippen LogP contribution in [0.25, 0.3) is 0 Å². The van der Waals surface area contributed by atoms with Crippen LogP contribution in [0.5, 0.6) is 0 Å². The van der Waals surface area contributed by atoms with Crippen molar-refractivity contribution in [1.29, 1.82) is 0 Å². The van der Waals surface area contributed by atoms with Crippen molar-refractivity contribution in [3.63, 3.8) is 0 Å². The molecule has 438 valence electrons. The SMILES string of the molecule is CC/C=C\C/C=C\C/C=C\C/C=C\CCCCCCC(=O)OCC(COC(=O)CCCCCCCCCC/C=C\C/C=C\C/C=C\CCCCCCC)OC(=O)CCCCCCCCCCCCCCCCCCCC. The van der Waals surface area contributed by atoms with Gasteiger partial charge in [0.25, 0.3) is 0 Å². The largest absolute Gasteiger partial charge is 0.462 e. The Kier molecular flexibility index (Phi) is 61.2. The van der Waals surface area contributed by atoms with Crippen LogP contribution in [0, 0.1) is 0 Å². The normalized spacial score (nSPS) is 12.6. The van der Waals surface area contributed by atoms with E-state index in [1.807, 2.05) is 0 Å². The predicted molar refractivity (Wildman–Crippen MR) is 330 cm³/mol. The summed E-state index contributed by atoms with van der Waals surface area (Å²) in [4.78, 5) is 38.4. The van der Waals surface area contributed by atoms with Crippen LogP contribution in [0.3, 0.4) is 0 Å². The van der Waals surface area contributed by atoms with Crippen molar-refractivity contribution in [3.05, 3.63) is 85.1 Å². The number of rotatable bonds is 59. The fourth-order valence-electron chi connectivity index (χ4n) is 9.27. The molecule has 0 aromatic carbocycles. The van der Waals surface area contributed by atoms with E-state index in [2.05, 4.69) is 106 Å². The highest BCUT2D eigenvalue weighted by molar-refractivity contribution is 5.71. The summed E-state index contributed by atoms with van der Waals surface area (Å²) in [5.74, 6) is -0.902. The number of ether oxygens (including phenoxy) is 3. The minimum atomic E-state index is -0.790. The lowest BCUT2D eigenvalue weighted by Crippen LogP contribution is -2.30. The molecule has 0 saturated carbocycles. The molecule has 0 fully saturated rings. The van der Waals surface area contributed by atoms with Gasteiger partial charge in [0, 0.05) is 19.3 Å². The van der Waals surface area contributed by atoms with Crippen molar-refractivity contribution in [2.45, 2.75) is 329 Å². The van der Waals surface area contributed by atoms with E-state index < -0.39 is 6.10 Å². The van der Waals surface area contributed by atoms with Gasteiger partial charge in [0.05, 0.1) is 0 Å². The molecule has 0 aliphatic heterocycles. The minimum absolute atomic E-state index is 0.0862. The van der Waals surface area contributed by atoms with Crippen LogP contribution in [-0.4, -0.2) is 37.2 Å². The van der Waals surface area contributed by atoms with Crippen molar-refractivity contribution in [3.8, 4) is 0 Å². The quantitative estimate of drug-likeness (QED) is 0.0261. The number of unbranched alkanes of at least 4 members (excludes halogenated alkanes) is 34.